The smallest absolute Gasteiger partial charge is 0.303 e. The second-order valence-corrected chi connectivity index (χ2v) is 5.55. The second-order valence-electron chi connectivity index (χ2n) is 4.74. The zero-order valence-electron chi connectivity index (χ0n) is 12.3. The number of halogens is 2. The third-order valence-electron chi connectivity index (χ3n) is 2.86. The molecular weight excluding hydrogens is 319 g/mol. The van der Waals surface area contributed by atoms with E-state index in [1.807, 2.05) is 0 Å². The highest BCUT2D eigenvalue weighted by atomic mass is 35.5. The van der Waals surface area contributed by atoms with E-state index in [9.17, 15) is 14.7 Å². The van der Waals surface area contributed by atoms with Crippen molar-refractivity contribution in [3.05, 3.63) is 0 Å². The van der Waals surface area contributed by atoms with E-state index in [4.69, 9.17) is 33.4 Å². The highest BCUT2D eigenvalue weighted by molar-refractivity contribution is 6.40. The van der Waals surface area contributed by atoms with Crippen molar-refractivity contribution < 1.29 is 24.9 Å². The van der Waals surface area contributed by atoms with Gasteiger partial charge in [-0.1, -0.05) is 25.7 Å². The Kier molecular flexibility index (Phi) is 19.0. The molecule has 0 aliphatic carbocycles. The number of carbonyl (C=O) groups is 2. The van der Waals surface area contributed by atoms with Gasteiger partial charge >= 0.3 is 11.9 Å². The summed E-state index contributed by atoms with van der Waals surface area (Å²) >= 11 is 9.53. The summed E-state index contributed by atoms with van der Waals surface area (Å²) in [6.45, 7) is 0. The molecule has 0 aliphatic rings. The summed E-state index contributed by atoms with van der Waals surface area (Å²) in [7, 11) is 0. The quantitative estimate of drug-likeness (QED) is 0.369. The maximum atomic E-state index is 10.3. The van der Waals surface area contributed by atoms with Gasteiger partial charge in [0, 0.05) is 12.8 Å². The third kappa shape index (κ3) is 24.8. The van der Waals surface area contributed by atoms with Gasteiger partial charge in [-0.25, -0.2) is 0 Å². The van der Waals surface area contributed by atoms with Gasteiger partial charge in [0.05, 0.1) is 11.4 Å². The van der Waals surface area contributed by atoms with E-state index in [1.54, 1.807) is 0 Å². The van der Waals surface area contributed by atoms with Crippen molar-refractivity contribution in [3.63, 3.8) is 0 Å². The molecule has 5 nitrogen and oxygen atoms in total. The molecule has 0 spiro atoms. The standard InChI is InChI=1S/C13H24O5.CH2Cl2/c14-11(7-3-1-5-9-12(15)16)8-4-2-6-10-13(17)18;2-1-3/h11,14H,1-10H2,(H,15,16)(H,17,18);1H2. The molecule has 0 aliphatic heterocycles. The molecular formula is C14H26Cl2O5. The Balaban J connectivity index is 0. The molecule has 7 heteroatoms. The summed E-state index contributed by atoms with van der Waals surface area (Å²) in [5, 5.41) is 26.7. The Bertz CT molecular complexity index is 238. The van der Waals surface area contributed by atoms with Gasteiger partial charge < -0.3 is 15.3 Å². The maximum Gasteiger partial charge on any atom is 0.303 e. The number of aliphatic hydroxyl groups excluding tert-OH is 1. The predicted molar refractivity (Wildman–Crippen MR) is 84.0 cm³/mol. The molecule has 0 bridgehead atoms. The van der Waals surface area contributed by atoms with Crippen LogP contribution in [0.15, 0.2) is 0 Å². The number of aliphatic hydroxyl groups is 1. The first-order valence-corrected chi connectivity index (χ1v) is 8.24. The highest BCUT2D eigenvalue weighted by Crippen LogP contribution is 2.12. The van der Waals surface area contributed by atoms with Gasteiger partial charge in [0.1, 0.15) is 0 Å². The summed E-state index contributed by atoms with van der Waals surface area (Å²) < 4.78 is 0. The molecule has 0 atom stereocenters. The van der Waals surface area contributed by atoms with Gasteiger partial charge in [0.15, 0.2) is 0 Å². The van der Waals surface area contributed by atoms with E-state index in [-0.39, 0.29) is 24.3 Å². The summed E-state index contributed by atoms with van der Waals surface area (Å²) in [6, 6.07) is 0. The van der Waals surface area contributed by atoms with Crippen LogP contribution in [0.5, 0.6) is 0 Å². The number of carboxylic acid groups (broad SMARTS) is 2. The Morgan fingerprint density at radius 3 is 1.38 bits per heavy atom. The van der Waals surface area contributed by atoms with Crippen molar-refractivity contribution in [3.8, 4) is 0 Å². The molecule has 3 N–H and O–H groups in total. The van der Waals surface area contributed by atoms with Crippen LogP contribution in [0.4, 0.5) is 0 Å². The molecule has 0 saturated heterocycles. The van der Waals surface area contributed by atoms with E-state index in [0.717, 1.165) is 25.7 Å². The Hall–Kier alpha value is -0.520. The number of rotatable bonds is 12. The zero-order valence-corrected chi connectivity index (χ0v) is 13.8. The van der Waals surface area contributed by atoms with Crippen LogP contribution in [-0.2, 0) is 9.59 Å². The first-order valence-electron chi connectivity index (χ1n) is 7.17. The largest absolute Gasteiger partial charge is 0.481 e. The molecule has 0 radical (unpaired) electrons. The van der Waals surface area contributed by atoms with E-state index in [1.165, 1.54) is 0 Å². The second kappa shape index (κ2) is 17.5. The Morgan fingerprint density at radius 2 is 1.10 bits per heavy atom. The summed E-state index contributed by atoms with van der Waals surface area (Å²) in [5.41, 5.74) is 0. The van der Waals surface area contributed by atoms with Crippen molar-refractivity contribution in [1.29, 1.82) is 0 Å². The minimum atomic E-state index is -0.769. The zero-order chi connectivity index (χ0) is 16.5. The highest BCUT2D eigenvalue weighted by Gasteiger charge is 2.05. The Labute approximate surface area is 136 Å². The van der Waals surface area contributed by atoms with Crippen molar-refractivity contribution in [2.45, 2.75) is 70.3 Å². The molecule has 0 aromatic carbocycles. The number of carboxylic acids is 2. The van der Waals surface area contributed by atoms with Gasteiger partial charge in [-0.3, -0.25) is 9.59 Å². The van der Waals surface area contributed by atoms with Gasteiger partial charge in [-0.05, 0) is 25.7 Å². The lowest BCUT2D eigenvalue weighted by atomic mass is 10.0. The molecule has 0 amide bonds. The first kappa shape index (κ1) is 22.8. The number of aliphatic carboxylic acids is 2. The maximum absolute atomic E-state index is 10.3. The third-order valence-corrected chi connectivity index (χ3v) is 2.86. The lowest BCUT2D eigenvalue weighted by Crippen LogP contribution is -2.06. The van der Waals surface area contributed by atoms with Crippen LogP contribution >= 0.6 is 23.2 Å². The molecule has 0 rings (SSSR count). The fourth-order valence-corrected chi connectivity index (χ4v) is 1.81. The van der Waals surface area contributed by atoms with Crippen LogP contribution in [0.1, 0.15) is 64.2 Å². The minimum absolute atomic E-state index is 0.194. The van der Waals surface area contributed by atoms with Crippen LogP contribution < -0.4 is 0 Å². The van der Waals surface area contributed by atoms with Crippen LogP contribution in [0, 0.1) is 0 Å². The molecule has 126 valence electrons. The lowest BCUT2D eigenvalue weighted by Gasteiger charge is -2.09. The minimum Gasteiger partial charge on any atom is -0.481 e. The monoisotopic (exact) mass is 344 g/mol. The fourth-order valence-electron chi connectivity index (χ4n) is 1.81. The topological polar surface area (TPSA) is 94.8 Å². The molecule has 0 aromatic heterocycles. The van der Waals surface area contributed by atoms with E-state index in [0.29, 0.717) is 25.7 Å². The molecule has 0 aromatic rings. The van der Waals surface area contributed by atoms with Crippen LogP contribution in [0.25, 0.3) is 0 Å². The van der Waals surface area contributed by atoms with Gasteiger partial charge in [-0.15, -0.1) is 23.2 Å². The predicted octanol–water partition coefficient (Wildman–Crippen LogP) is 3.84. The van der Waals surface area contributed by atoms with E-state index >= 15 is 0 Å². The number of hydrogen-bond donors (Lipinski definition) is 3. The molecule has 0 unspecified atom stereocenters. The summed E-state index contributed by atoms with van der Waals surface area (Å²) in [6.07, 6.45) is 6.19. The molecule has 0 heterocycles. The van der Waals surface area contributed by atoms with E-state index in [2.05, 4.69) is 0 Å². The van der Waals surface area contributed by atoms with Crippen molar-refractivity contribution in [1.82, 2.24) is 0 Å². The normalized spacial score (nSPS) is 10.1. The van der Waals surface area contributed by atoms with Crippen LogP contribution in [0.3, 0.4) is 0 Å². The van der Waals surface area contributed by atoms with Crippen LogP contribution in [0.2, 0.25) is 0 Å². The molecule has 0 fully saturated rings. The molecule has 21 heavy (non-hydrogen) atoms. The summed E-state index contributed by atoms with van der Waals surface area (Å²) in [4.78, 5) is 20.5. The SMILES string of the molecule is ClCCl.O=C(O)CCCCCC(O)CCCCCC(=O)O. The number of alkyl halides is 2. The lowest BCUT2D eigenvalue weighted by molar-refractivity contribution is -0.138. The summed E-state index contributed by atoms with van der Waals surface area (Å²) in [5.74, 6) is -1.54. The average Bonchev–Trinajstić information content (AvgIpc) is 2.38. The van der Waals surface area contributed by atoms with Crippen molar-refractivity contribution in [2.24, 2.45) is 0 Å². The van der Waals surface area contributed by atoms with E-state index < -0.39 is 11.9 Å². The first-order chi connectivity index (χ1) is 9.93. The van der Waals surface area contributed by atoms with Gasteiger partial charge in [0.2, 0.25) is 0 Å². The van der Waals surface area contributed by atoms with Gasteiger partial charge in [0.25, 0.3) is 0 Å². The Morgan fingerprint density at radius 1 is 0.762 bits per heavy atom. The van der Waals surface area contributed by atoms with Crippen molar-refractivity contribution >= 4 is 35.1 Å². The molecule has 0 saturated carbocycles. The fraction of sp³-hybridized carbons (Fsp3) is 0.857. The number of unbranched alkanes of at least 4 members (excludes halogenated alkanes) is 4. The van der Waals surface area contributed by atoms with Gasteiger partial charge in [-0.2, -0.15) is 0 Å². The number of hydrogen-bond acceptors (Lipinski definition) is 3. The van der Waals surface area contributed by atoms with Crippen LogP contribution in [-0.4, -0.2) is 38.7 Å². The van der Waals surface area contributed by atoms with Crippen molar-refractivity contribution in [2.75, 3.05) is 5.34 Å². The average molecular weight is 345 g/mol.